The van der Waals surface area contributed by atoms with Crippen LogP contribution in [0.5, 0.6) is 0 Å². The largest absolute Gasteiger partial charge is 0.349 e. The quantitative estimate of drug-likeness (QED) is 0.830. The van der Waals surface area contributed by atoms with E-state index in [1.165, 1.54) is 24.4 Å². The third kappa shape index (κ3) is 3.41. The number of pyridine rings is 1. The first-order chi connectivity index (χ1) is 11.6. The topological polar surface area (TPSA) is 42.0 Å². The number of nitrogens with one attached hydrogen (secondary N) is 1. The molecule has 3 rings (SSSR count). The van der Waals surface area contributed by atoms with E-state index in [9.17, 15) is 13.6 Å². The summed E-state index contributed by atoms with van der Waals surface area (Å²) < 4.78 is 28.3. The summed E-state index contributed by atoms with van der Waals surface area (Å²) in [6.07, 6.45) is 4.57. The predicted octanol–water partition coefficient (Wildman–Crippen LogP) is 4.47. The number of aromatic nitrogens is 1. The Morgan fingerprint density at radius 3 is 2.54 bits per heavy atom. The smallest absolute Gasteiger partial charge is 0.254 e. The average Bonchev–Trinajstić information content (AvgIpc) is 2.56. The first-order valence-electron chi connectivity index (χ1n) is 7.93. The molecule has 6 heteroatoms. The van der Waals surface area contributed by atoms with Crippen LogP contribution in [-0.2, 0) is 0 Å². The molecule has 1 aliphatic rings. The molecule has 1 fully saturated rings. The minimum absolute atomic E-state index is 0.0554. The van der Waals surface area contributed by atoms with Gasteiger partial charge in [-0.25, -0.2) is 13.8 Å². The monoisotopic (exact) mass is 350 g/mol. The van der Waals surface area contributed by atoms with Crippen molar-refractivity contribution in [2.75, 3.05) is 0 Å². The van der Waals surface area contributed by atoms with Crippen LogP contribution < -0.4 is 5.32 Å². The van der Waals surface area contributed by atoms with Crippen LogP contribution >= 0.6 is 11.6 Å². The summed E-state index contributed by atoms with van der Waals surface area (Å²) >= 11 is 5.95. The van der Waals surface area contributed by atoms with Crippen molar-refractivity contribution in [3.63, 3.8) is 0 Å². The minimum atomic E-state index is -0.569. The van der Waals surface area contributed by atoms with Crippen molar-refractivity contribution in [1.29, 1.82) is 0 Å². The van der Waals surface area contributed by atoms with Gasteiger partial charge >= 0.3 is 0 Å². The number of halogens is 3. The van der Waals surface area contributed by atoms with Gasteiger partial charge in [-0.15, -0.1) is 0 Å². The molecule has 0 saturated heterocycles. The molecule has 0 unspecified atom stereocenters. The van der Waals surface area contributed by atoms with E-state index in [-0.39, 0.29) is 34.1 Å². The minimum Gasteiger partial charge on any atom is -0.349 e. The number of amides is 1. The van der Waals surface area contributed by atoms with E-state index in [4.69, 9.17) is 11.6 Å². The van der Waals surface area contributed by atoms with E-state index < -0.39 is 11.6 Å². The molecule has 1 N–H and O–H groups in total. The van der Waals surface area contributed by atoms with E-state index in [1.54, 1.807) is 12.1 Å². The molecule has 0 spiro atoms. The summed E-state index contributed by atoms with van der Waals surface area (Å²) in [4.78, 5) is 16.3. The van der Waals surface area contributed by atoms with E-state index in [1.807, 2.05) is 0 Å². The van der Waals surface area contributed by atoms with Gasteiger partial charge in [0.05, 0.1) is 5.56 Å². The Bertz CT molecular complexity index is 733. The Balaban J connectivity index is 1.85. The van der Waals surface area contributed by atoms with Gasteiger partial charge < -0.3 is 5.32 Å². The first-order valence-corrected chi connectivity index (χ1v) is 8.31. The molecule has 2 aromatic rings. The zero-order chi connectivity index (χ0) is 17.1. The Labute approximate surface area is 144 Å². The fourth-order valence-corrected chi connectivity index (χ4v) is 3.52. The predicted molar refractivity (Wildman–Crippen MR) is 88.1 cm³/mol. The van der Waals surface area contributed by atoms with Crippen molar-refractivity contribution in [3.05, 3.63) is 64.4 Å². The van der Waals surface area contributed by atoms with Crippen LogP contribution in [0.3, 0.4) is 0 Å². The SMILES string of the molecule is O=C(N[C@@H]1CCCC[C@H]1c1c(F)cccc1F)c1cccnc1Cl. The molecular formula is C18H17ClF2N2O. The van der Waals surface area contributed by atoms with Gasteiger partial charge in [-0.1, -0.05) is 30.5 Å². The molecule has 0 radical (unpaired) electrons. The van der Waals surface area contributed by atoms with Gasteiger partial charge in [-0.2, -0.15) is 0 Å². The second kappa shape index (κ2) is 7.26. The molecule has 24 heavy (non-hydrogen) atoms. The molecule has 1 aliphatic carbocycles. The molecule has 1 aromatic heterocycles. The van der Waals surface area contributed by atoms with Crippen LogP contribution in [0, 0.1) is 11.6 Å². The summed E-state index contributed by atoms with van der Waals surface area (Å²) in [5.41, 5.74) is 0.317. The van der Waals surface area contributed by atoms with Gasteiger partial charge in [0.25, 0.3) is 5.91 Å². The fraction of sp³-hybridized carbons (Fsp3) is 0.333. The van der Waals surface area contributed by atoms with E-state index in [2.05, 4.69) is 10.3 Å². The maximum atomic E-state index is 14.1. The van der Waals surface area contributed by atoms with E-state index >= 15 is 0 Å². The van der Waals surface area contributed by atoms with Crippen molar-refractivity contribution in [3.8, 4) is 0 Å². The summed E-state index contributed by atoms with van der Waals surface area (Å²) in [5, 5.41) is 2.99. The summed E-state index contributed by atoms with van der Waals surface area (Å²) in [5.74, 6) is -1.90. The van der Waals surface area contributed by atoms with Crippen LogP contribution in [0.1, 0.15) is 47.5 Å². The Morgan fingerprint density at radius 1 is 1.12 bits per heavy atom. The van der Waals surface area contributed by atoms with Gasteiger partial charge in [0, 0.05) is 23.7 Å². The van der Waals surface area contributed by atoms with Gasteiger partial charge in [0.15, 0.2) is 0 Å². The molecule has 2 atom stereocenters. The van der Waals surface area contributed by atoms with E-state index in [0.717, 1.165) is 12.8 Å². The number of carbonyl (C=O) groups is 1. The molecule has 126 valence electrons. The highest BCUT2D eigenvalue weighted by molar-refractivity contribution is 6.32. The Hall–Kier alpha value is -2.01. The van der Waals surface area contributed by atoms with Crippen LogP contribution in [0.2, 0.25) is 5.15 Å². The highest BCUT2D eigenvalue weighted by atomic mass is 35.5. The number of carbonyl (C=O) groups excluding carboxylic acids is 1. The molecule has 3 nitrogen and oxygen atoms in total. The van der Waals surface area contributed by atoms with Crippen molar-refractivity contribution >= 4 is 17.5 Å². The summed E-state index contributed by atoms with van der Waals surface area (Å²) in [6, 6.07) is 6.71. The summed E-state index contributed by atoms with van der Waals surface area (Å²) in [7, 11) is 0. The first kappa shape index (κ1) is 16.8. The third-order valence-corrected chi connectivity index (χ3v) is 4.76. The highest BCUT2D eigenvalue weighted by Gasteiger charge is 2.32. The number of rotatable bonds is 3. The lowest BCUT2D eigenvalue weighted by atomic mass is 9.79. The van der Waals surface area contributed by atoms with Crippen LogP contribution in [0.15, 0.2) is 36.5 Å². The lowest BCUT2D eigenvalue weighted by Gasteiger charge is -2.33. The molecular weight excluding hydrogens is 334 g/mol. The van der Waals surface area contributed by atoms with Gasteiger partial charge in [-0.3, -0.25) is 4.79 Å². The van der Waals surface area contributed by atoms with Crippen molar-refractivity contribution in [1.82, 2.24) is 10.3 Å². The molecule has 1 amide bonds. The maximum Gasteiger partial charge on any atom is 0.254 e. The number of hydrogen-bond acceptors (Lipinski definition) is 2. The van der Waals surface area contributed by atoms with Gasteiger partial charge in [-0.05, 0) is 37.1 Å². The Kier molecular flexibility index (Phi) is 5.09. The van der Waals surface area contributed by atoms with Crippen molar-refractivity contribution in [2.24, 2.45) is 0 Å². The second-order valence-corrected chi connectivity index (χ2v) is 6.31. The Morgan fingerprint density at radius 2 is 1.83 bits per heavy atom. The molecule has 1 heterocycles. The molecule has 1 aromatic carbocycles. The van der Waals surface area contributed by atoms with Gasteiger partial charge in [0.1, 0.15) is 16.8 Å². The highest BCUT2D eigenvalue weighted by Crippen LogP contribution is 2.36. The number of nitrogens with zero attached hydrogens (tertiary/aromatic N) is 1. The molecule has 0 aliphatic heterocycles. The molecule has 0 bridgehead atoms. The average molecular weight is 351 g/mol. The van der Waals surface area contributed by atoms with E-state index in [0.29, 0.717) is 12.8 Å². The number of benzene rings is 1. The lowest BCUT2D eigenvalue weighted by molar-refractivity contribution is 0.0919. The zero-order valence-corrected chi connectivity index (χ0v) is 13.7. The summed E-state index contributed by atoms with van der Waals surface area (Å²) in [6.45, 7) is 0. The normalized spacial score (nSPS) is 20.6. The van der Waals surface area contributed by atoms with Crippen LogP contribution in [-0.4, -0.2) is 16.9 Å². The second-order valence-electron chi connectivity index (χ2n) is 5.95. The van der Waals surface area contributed by atoms with Crippen LogP contribution in [0.25, 0.3) is 0 Å². The standard InChI is InChI=1S/C18H17ClF2N2O/c19-17-12(6-4-10-22-17)18(24)23-15-9-2-1-5-11(15)16-13(20)7-3-8-14(16)21/h3-4,6-8,10-11,15H,1-2,5,9H2,(H,23,24)/t11-,15-/m1/s1. The van der Waals surface area contributed by atoms with Crippen molar-refractivity contribution < 1.29 is 13.6 Å². The van der Waals surface area contributed by atoms with Crippen molar-refractivity contribution in [2.45, 2.75) is 37.6 Å². The third-order valence-electron chi connectivity index (χ3n) is 4.46. The maximum absolute atomic E-state index is 14.1. The van der Waals surface area contributed by atoms with Gasteiger partial charge in [0.2, 0.25) is 0 Å². The molecule has 1 saturated carbocycles. The number of hydrogen-bond donors (Lipinski definition) is 1. The van der Waals surface area contributed by atoms with Crippen LogP contribution in [0.4, 0.5) is 8.78 Å². The lowest BCUT2D eigenvalue weighted by Crippen LogP contribution is -2.41. The zero-order valence-electron chi connectivity index (χ0n) is 12.9. The fourth-order valence-electron chi connectivity index (χ4n) is 3.32.